The Morgan fingerprint density at radius 2 is 2.24 bits per heavy atom. The third-order valence-electron chi connectivity index (χ3n) is 2.28. The number of hydrogen-bond acceptors (Lipinski definition) is 5. The summed E-state index contributed by atoms with van der Waals surface area (Å²) in [4.78, 5) is 15.7. The molecule has 0 saturated heterocycles. The molecule has 1 unspecified atom stereocenters. The van der Waals surface area contributed by atoms with Gasteiger partial charge < -0.3 is 10.5 Å². The van der Waals surface area contributed by atoms with Gasteiger partial charge in [-0.2, -0.15) is 0 Å². The van der Waals surface area contributed by atoms with E-state index in [1.54, 1.807) is 5.38 Å². The molecule has 0 saturated carbocycles. The summed E-state index contributed by atoms with van der Waals surface area (Å²) in [6.07, 6.45) is 1.96. The first-order valence-corrected chi connectivity index (χ1v) is 6.76. The van der Waals surface area contributed by atoms with E-state index in [0.717, 1.165) is 17.8 Å². The van der Waals surface area contributed by atoms with Crippen LogP contribution in [0.1, 0.15) is 55.2 Å². The summed E-state index contributed by atoms with van der Waals surface area (Å²) in [5.41, 5.74) is 6.05. The van der Waals surface area contributed by atoms with E-state index in [9.17, 15) is 4.79 Å². The molecule has 17 heavy (non-hydrogen) atoms. The summed E-state index contributed by atoms with van der Waals surface area (Å²) < 4.78 is 5.14. The van der Waals surface area contributed by atoms with Crippen LogP contribution in [0.15, 0.2) is 5.38 Å². The van der Waals surface area contributed by atoms with Gasteiger partial charge in [-0.05, 0) is 25.7 Å². The third kappa shape index (κ3) is 4.83. The van der Waals surface area contributed by atoms with Crippen molar-refractivity contribution in [1.29, 1.82) is 0 Å². The monoisotopic (exact) mass is 256 g/mol. The molecule has 1 aromatic heterocycles. The molecule has 0 bridgehead atoms. The van der Waals surface area contributed by atoms with Crippen LogP contribution in [0.3, 0.4) is 0 Å². The molecular formula is C12H20N2O2S. The van der Waals surface area contributed by atoms with Crippen LogP contribution in [-0.4, -0.2) is 17.6 Å². The van der Waals surface area contributed by atoms with Gasteiger partial charge in [0.2, 0.25) is 0 Å². The lowest BCUT2D eigenvalue weighted by molar-refractivity contribution is 0.0488. The van der Waals surface area contributed by atoms with Crippen molar-refractivity contribution < 1.29 is 9.53 Å². The molecule has 1 rings (SSSR count). The van der Waals surface area contributed by atoms with Crippen molar-refractivity contribution in [3.05, 3.63) is 16.1 Å². The average molecular weight is 256 g/mol. The van der Waals surface area contributed by atoms with Gasteiger partial charge in [-0.15, -0.1) is 11.3 Å². The van der Waals surface area contributed by atoms with Crippen LogP contribution in [0, 0.1) is 5.92 Å². The van der Waals surface area contributed by atoms with Crippen LogP contribution >= 0.6 is 11.3 Å². The molecule has 0 aliphatic rings. The van der Waals surface area contributed by atoms with Crippen LogP contribution in [0.5, 0.6) is 0 Å². The Morgan fingerprint density at radius 1 is 1.53 bits per heavy atom. The van der Waals surface area contributed by atoms with E-state index in [1.807, 2.05) is 6.92 Å². The fourth-order valence-electron chi connectivity index (χ4n) is 1.32. The van der Waals surface area contributed by atoms with Gasteiger partial charge in [0, 0.05) is 5.38 Å². The Morgan fingerprint density at radius 3 is 2.76 bits per heavy atom. The second-order valence-corrected chi connectivity index (χ2v) is 5.42. The fourth-order valence-corrected chi connectivity index (χ4v) is 2.07. The van der Waals surface area contributed by atoms with Crippen molar-refractivity contribution in [2.75, 3.05) is 6.61 Å². The Labute approximate surface area is 106 Å². The molecule has 4 nitrogen and oxygen atoms in total. The fraction of sp³-hybridized carbons (Fsp3) is 0.667. The lowest BCUT2D eigenvalue weighted by atomic mass is 10.1. The molecule has 0 amide bonds. The van der Waals surface area contributed by atoms with Crippen molar-refractivity contribution in [1.82, 2.24) is 4.98 Å². The summed E-state index contributed by atoms with van der Waals surface area (Å²) in [5, 5.41) is 2.46. The molecular weight excluding hydrogens is 236 g/mol. The number of carbonyl (C=O) groups is 1. The zero-order valence-electron chi connectivity index (χ0n) is 10.6. The van der Waals surface area contributed by atoms with E-state index in [1.165, 1.54) is 11.3 Å². The van der Waals surface area contributed by atoms with Crippen molar-refractivity contribution in [3.63, 3.8) is 0 Å². The van der Waals surface area contributed by atoms with Gasteiger partial charge in [0.05, 0.1) is 12.6 Å². The highest BCUT2D eigenvalue weighted by molar-refractivity contribution is 7.09. The molecule has 0 aromatic carbocycles. The molecule has 0 radical (unpaired) electrons. The predicted molar refractivity (Wildman–Crippen MR) is 69.1 cm³/mol. The summed E-state index contributed by atoms with van der Waals surface area (Å²) in [6, 6.07) is -0.137. The van der Waals surface area contributed by atoms with E-state index < -0.39 is 0 Å². The van der Waals surface area contributed by atoms with Crippen LogP contribution in [0.4, 0.5) is 0 Å². The van der Waals surface area contributed by atoms with Crippen molar-refractivity contribution in [2.45, 2.75) is 39.7 Å². The summed E-state index contributed by atoms with van der Waals surface area (Å²) in [7, 11) is 0. The van der Waals surface area contributed by atoms with Gasteiger partial charge in [0.1, 0.15) is 5.01 Å². The highest BCUT2D eigenvalue weighted by Gasteiger charge is 2.13. The van der Waals surface area contributed by atoms with E-state index >= 15 is 0 Å². The first-order valence-electron chi connectivity index (χ1n) is 5.88. The van der Waals surface area contributed by atoms with Crippen LogP contribution < -0.4 is 5.73 Å². The summed E-state index contributed by atoms with van der Waals surface area (Å²) in [6.45, 7) is 6.60. The molecule has 1 atom stereocenters. The molecule has 2 N–H and O–H groups in total. The molecule has 1 heterocycles. The van der Waals surface area contributed by atoms with Gasteiger partial charge in [-0.25, -0.2) is 9.78 Å². The standard InChI is InChI=1S/C12H20N2O2S/c1-8(2)5-4-6-16-12(15)10-7-17-11(14-10)9(3)13/h7-9H,4-6,13H2,1-3H3. The van der Waals surface area contributed by atoms with Crippen LogP contribution in [0.25, 0.3) is 0 Å². The smallest absolute Gasteiger partial charge is 0.357 e. The number of aromatic nitrogens is 1. The van der Waals surface area contributed by atoms with Crippen molar-refractivity contribution in [2.24, 2.45) is 11.7 Å². The molecule has 0 spiro atoms. The number of carbonyl (C=O) groups excluding carboxylic acids is 1. The van der Waals surface area contributed by atoms with Gasteiger partial charge in [0.25, 0.3) is 0 Å². The minimum Gasteiger partial charge on any atom is -0.461 e. The maximum absolute atomic E-state index is 11.6. The van der Waals surface area contributed by atoms with E-state index in [2.05, 4.69) is 18.8 Å². The predicted octanol–water partition coefficient (Wildman–Crippen LogP) is 2.76. The Bertz CT molecular complexity index is 361. The van der Waals surface area contributed by atoms with E-state index in [4.69, 9.17) is 10.5 Å². The zero-order chi connectivity index (χ0) is 12.8. The number of ether oxygens (including phenoxy) is 1. The highest BCUT2D eigenvalue weighted by Crippen LogP contribution is 2.16. The number of nitrogens with two attached hydrogens (primary N) is 1. The van der Waals surface area contributed by atoms with E-state index in [0.29, 0.717) is 18.2 Å². The lowest BCUT2D eigenvalue weighted by Gasteiger charge is -2.05. The molecule has 0 aliphatic carbocycles. The van der Waals surface area contributed by atoms with Crippen molar-refractivity contribution in [3.8, 4) is 0 Å². The van der Waals surface area contributed by atoms with Gasteiger partial charge in [0.15, 0.2) is 5.69 Å². The van der Waals surface area contributed by atoms with Gasteiger partial charge >= 0.3 is 5.97 Å². The minimum absolute atomic E-state index is 0.137. The molecule has 0 fully saturated rings. The Kier molecular flexibility index (Phi) is 5.58. The maximum atomic E-state index is 11.6. The maximum Gasteiger partial charge on any atom is 0.357 e. The van der Waals surface area contributed by atoms with Crippen molar-refractivity contribution >= 4 is 17.3 Å². The highest BCUT2D eigenvalue weighted by atomic mass is 32.1. The normalized spacial score (nSPS) is 12.8. The Balaban J connectivity index is 2.36. The molecule has 5 heteroatoms. The van der Waals surface area contributed by atoms with Crippen LogP contribution in [-0.2, 0) is 4.74 Å². The zero-order valence-corrected chi connectivity index (χ0v) is 11.4. The third-order valence-corrected chi connectivity index (χ3v) is 3.33. The quantitative estimate of drug-likeness (QED) is 0.628. The number of nitrogens with zero attached hydrogens (tertiary/aromatic N) is 1. The SMILES string of the molecule is CC(C)CCCOC(=O)c1csc(C(C)N)n1. The average Bonchev–Trinajstić information content (AvgIpc) is 2.73. The first-order chi connectivity index (χ1) is 8.00. The number of hydrogen-bond donors (Lipinski definition) is 1. The minimum atomic E-state index is -0.350. The van der Waals surface area contributed by atoms with E-state index in [-0.39, 0.29) is 12.0 Å². The van der Waals surface area contributed by atoms with Crippen LogP contribution in [0.2, 0.25) is 0 Å². The number of esters is 1. The largest absolute Gasteiger partial charge is 0.461 e. The lowest BCUT2D eigenvalue weighted by Crippen LogP contribution is -2.09. The summed E-state index contributed by atoms with van der Waals surface area (Å²) in [5.74, 6) is 0.287. The molecule has 96 valence electrons. The molecule has 0 aliphatic heterocycles. The second-order valence-electron chi connectivity index (χ2n) is 4.53. The Hall–Kier alpha value is -0.940. The second kappa shape index (κ2) is 6.71. The summed E-state index contributed by atoms with van der Waals surface area (Å²) >= 11 is 1.39. The van der Waals surface area contributed by atoms with Gasteiger partial charge in [-0.3, -0.25) is 0 Å². The topological polar surface area (TPSA) is 65.2 Å². The number of thiazole rings is 1. The first kappa shape index (κ1) is 14.1. The number of rotatable bonds is 6. The van der Waals surface area contributed by atoms with Gasteiger partial charge in [-0.1, -0.05) is 13.8 Å². The molecule has 1 aromatic rings.